The molecule has 0 aromatic rings. The molecule has 3 amide bonds. The molecule has 0 atom stereocenters. The van der Waals surface area contributed by atoms with Crippen molar-refractivity contribution < 1.29 is 18.4 Å². The molecule has 0 saturated carbocycles. The van der Waals surface area contributed by atoms with Gasteiger partial charge in [-0.05, 0) is 0 Å². The molecule has 0 bridgehead atoms. The number of hydrogen-bond donors (Lipinski definition) is 1. The van der Waals surface area contributed by atoms with Gasteiger partial charge in [-0.25, -0.2) is 13.6 Å². The van der Waals surface area contributed by atoms with E-state index in [0.717, 1.165) is 0 Å². The van der Waals surface area contributed by atoms with Crippen LogP contribution >= 0.6 is 0 Å². The number of hydrogen-bond acceptors (Lipinski definition) is 2. The molecule has 1 aliphatic heterocycles. The number of nitrogens with zero attached hydrogens (tertiary/aromatic N) is 1. The molecule has 1 heterocycles. The zero-order valence-corrected chi connectivity index (χ0v) is 5.51. The Morgan fingerprint density at radius 1 is 1.55 bits per heavy atom. The molecule has 0 aliphatic carbocycles. The third-order valence-corrected chi connectivity index (χ3v) is 1.26. The topological polar surface area (TPSA) is 49.4 Å². The highest BCUT2D eigenvalue weighted by atomic mass is 19.3. The van der Waals surface area contributed by atoms with Crippen LogP contribution in [0.4, 0.5) is 13.6 Å². The van der Waals surface area contributed by atoms with Gasteiger partial charge in [0.15, 0.2) is 0 Å². The first kappa shape index (κ1) is 7.90. The minimum absolute atomic E-state index is 0.175. The van der Waals surface area contributed by atoms with E-state index < -0.39 is 24.9 Å². The van der Waals surface area contributed by atoms with Crippen LogP contribution in [0.2, 0.25) is 0 Å². The normalized spacial score (nSPS) is 17.9. The van der Waals surface area contributed by atoms with E-state index in [9.17, 15) is 18.4 Å². The number of urea groups is 1. The lowest BCUT2D eigenvalue weighted by molar-refractivity contribution is -0.126. The van der Waals surface area contributed by atoms with Gasteiger partial charge in [0.1, 0.15) is 0 Å². The van der Waals surface area contributed by atoms with Gasteiger partial charge in [0, 0.05) is 0 Å². The second-order valence-corrected chi connectivity index (χ2v) is 2.05. The van der Waals surface area contributed by atoms with Crippen molar-refractivity contribution in [1.82, 2.24) is 10.2 Å². The highest BCUT2D eigenvalue weighted by Crippen LogP contribution is 2.03. The molecule has 1 fully saturated rings. The molecule has 1 N–H and O–H groups in total. The Kier molecular flexibility index (Phi) is 2.02. The van der Waals surface area contributed by atoms with Gasteiger partial charge in [-0.15, -0.1) is 0 Å². The minimum atomic E-state index is -2.66. The average molecular weight is 164 g/mol. The van der Waals surface area contributed by atoms with E-state index in [1.807, 2.05) is 0 Å². The Hall–Kier alpha value is -1.20. The maximum absolute atomic E-state index is 11.7. The first-order valence-corrected chi connectivity index (χ1v) is 2.97. The molecule has 4 nitrogen and oxygen atoms in total. The molecule has 0 unspecified atom stereocenters. The zero-order chi connectivity index (χ0) is 8.43. The quantitative estimate of drug-likeness (QED) is 0.575. The van der Waals surface area contributed by atoms with Gasteiger partial charge in [0.05, 0.1) is 13.1 Å². The highest BCUT2D eigenvalue weighted by molar-refractivity contribution is 6.01. The fraction of sp³-hybridized carbons (Fsp3) is 0.600. The van der Waals surface area contributed by atoms with Gasteiger partial charge in [-0.1, -0.05) is 0 Å². The number of amides is 3. The molecule has 0 spiro atoms. The van der Waals surface area contributed by atoms with Gasteiger partial charge in [0.25, 0.3) is 6.43 Å². The molecule has 1 saturated heterocycles. The second-order valence-electron chi connectivity index (χ2n) is 2.05. The van der Waals surface area contributed by atoms with E-state index in [2.05, 4.69) is 5.32 Å². The smallest absolute Gasteiger partial charge is 0.324 e. The van der Waals surface area contributed by atoms with Crippen molar-refractivity contribution in [2.45, 2.75) is 6.43 Å². The van der Waals surface area contributed by atoms with Crippen LogP contribution in [0.3, 0.4) is 0 Å². The van der Waals surface area contributed by atoms with Crippen LogP contribution in [0.15, 0.2) is 0 Å². The summed E-state index contributed by atoms with van der Waals surface area (Å²) in [7, 11) is 0. The maximum Gasteiger partial charge on any atom is 0.324 e. The van der Waals surface area contributed by atoms with Crippen molar-refractivity contribution in [1.29, 1.82) is 0 Å². The predicted octanol–water partition coefficient (Wildman–Crippen LogP) is -0.197. The summed E-state index contributed by atoms with van der Waals surface area (Å²) in [6, 6.07) is -0.740. The number of nitrogens with one attached hydrogen (secondary N) is 1. The van der Waals surface area contributed by atoms with E-state index in [0.29, 0.717) is 4.90 Å². The van der Waals surface area contributed by atoms with E-state index >= 15 is 0 Å². The van der Waals surface area contributed by atoms with Crippen molar-refractivity contribution in [2.24, 2.45) is 0 Å². The standard InChI is InChI=1S/C5H6F2N2O2/c6-3(7)2-9-4(10)1-8-5(9)11/h3H,1-2H2,(H,8,11). The molecule has 6 heteroatoms. The van der Waals surface area contributed by atoms with Gasteiger partial charge >= 0.3 is 6.03 Å². The first-order valence-electron chi connectivity index (χ1n) is 2.97. The molecule has 0 aromatic carbocycles. The Morgan fingerprint density at radius 2 is 2.18 bits per heavy atom. The molecule has 11 heavy (non-hydrogen) atoms. The van der Waals surface area contributed by atoms with Crippen molar-refractivity contribution in [3.63, 3.8) is 0 Å². The summed E-state index contributed by atoms with van der Waals surface area (Å²) < 4.78 is 23.3. The SMILES string of the molecule is O=C1CNC(=O)N1CC(F)F. The van der Waals surface area contributed by atoms with Crippen molar-refractivity contribution in [3.8, 4) is 0 Å². The Balaban J connectivity index is 2.55. The van der Waals surface area contributed by atoms with Crippen molar-refractivity contribution in [3.05, 3.63) is 0 Å². The van der Waals surface area contributed by atoms with Crippen molar-refractivity contribution >= 4 is 11.9 Å². The highest BCUT2D eigenvalue weighted by Gasteiger charge is 2.30. The van der Waals surface area contributed by atoms with Crippen LogP contribution in [0.5, 0.6) is 0 Å². The molecule has 0 aromatic heterocycles. The van der Waals surface area contributed by atoms with Gasteiger partial charge in [-0.2, -0.15) is 0 Å². The van der Waals surface area contributed by atoms with Crippen LogP contribution in [-0.4, -0.2) is 36.4 Å². The third kappa shape index (κ3) is 1.63. The van der Waals surface area contributed by atoms with Crippen LogP contribution in [0, 0.1) is 0 Å². The molecule has 1 rings (SSSR count). The number of alkyl halides is 2. The van der Waals surface area contributed by atoms with Crippen LogP contribution in [-0.2, 0) is 4.79 Å². The Labute approximate surface area is 61.2 Å². The predicted molar refractivity (Wildman–Crippen MR) is 31.1 cm³/mol. The average Bonchev–Trinajstić information content (AvgIpc) is 2.18. The Bertz CT molecular complexity index is 179. The monoisotopic (exact) mass is 164 g/mol. The Morgan fingerprint density at radius 3 is 2.55 bits per heavy atom. The zero-order valence-electron chi connectivity index (χ0n) is 5.51. The van der Waals surface area contributed by atoms with Crippen molar-refractivity contribution in [2.75, 3.05) is 13.1 Å². The third-order valence-electron chi connectivity index (χ3n) is 1.26. The van der Waals surface area contributed by atoms with Crippen LogP contribution in [0.25, 0.3) is 0 Å². The summed E-state index contributed by atoms with van der Waals surface area (Å²) in [5, 5.41) is 2.13. The molecule has 62 valence electrons. The lowest BCUT2D eigenvalue weighted by atomic mass is 10.5. The van der Waals surface area contributed by atoms with Crippen LogP contribution in [0.1, 0.15) is 0 Å². The summed E-state index contributed by atoms with van der Waals surface area (Å²) in [6.45, 7) is -0.990. The molecular weight excluding hydrogens is 158 g/mol. The lowest BCUT2D eigenvalue weighted by Gasteiger charge is -2.09. The van der Waals surface area contributed by atoms with Gasteiger partial charge in [0.2, 0.25) is 5.91 Å². The fourth-order valence-corrected chi connectivity index (χ4v) is 0.778. The number of halogens is 2. The minimum Gasteiger partial charge on any atom is -0.329 e. The number of rotatable bonds is 2. The van der Waals surface area contributed by atoms with Gasteiger partial charge < -0.3 is 5.32 Å². The van der Waals surface area contributed by atoms with E-state index in [-0.39, 0.29) is 6.54 Å². The van der Waals surface area contributed by atoms with E-state index in [1.54, 1.807) is 0 Å². The summed E-state index contributed by atoms with van der Waals surface area (Å²) in [5.41, 5.74) is 0. The second kappa shape index (κ2) is 2.81. The first-order chi connectivity index (χ1) is 5.11. The number of carbonyl (C=O) groups is 2. The molecule has 1 aliphatic rings. The van der Waals surface area contributed by atoms with Gasteiger partial charge in [-0.3, -0.25) is 9.69 Å². The van der Waals surface area contributed by atoms with E-state index in [4.69, 9.17) is 0 Å². The summed E-state index contributed by atoms with van der Waals surface area (Å²) >= 11 is 0. The number of imide groups is 1. The number of carbonyl (C=O) groups excluding carboxylic acids is 2. The summed E-state index contributed by atoms with van der Waals surface area (Å²) in [4.78, 5) is 21.7. The maximum atomic E-state index is 11.7. The van der Waals surface area contributed by atoms with E-state index in [1.165, 1.54) is 0 Å². The summed E-state index contributed by atoms with van der Waals surface area (Å²) in [5.74, 6) is -0.602. The molecular formula is C5H6F2N2O2. The lowest BCUT2D eigenvalue weighted by Crippen LogP contribution is -2.34. The molecule has 0 radical (unpaired) electrons. The van der Waals surface area contributed by atoms with Crippen LogP contribution < -0.4 is 5.32 Å². The largest absolute Gasteiger partial charge is 0.329 e. The summed E-state index contributed by atoms with van der Waals surface area (Å²) in [6.07, 6.45) is -2.66. The fourth-order valence-electron chi connectivity index (χ4n) is 0.778.